The highest BCUT2D eigenvalue weighted by Gasteiger charge is 2.48. The number of hydrogen-bond donors (Lipinski definition) is 3. The minimum atomic E-state index is -0.866. The van der Waals surface area contributed by atoms with Gasteiger partial charge in [0, 0.05) is 23.7 Å². The van der Waals surface area contributed by atoms with Crippen molar-refractivity contribution in [3.63, 3.8) is 0 Å². The van der Waals surface area contributed by atoms with Gasteiger partial charge in [0.2, 0.25) is 11.9 Å². The van der Waals surface area contributed by atoms with Gasteiger partial charge in [-0.15, -0.1) is 0 Å². The molecular weight excluding hydrogens is 452 g/mol. The van der Waals surface area contributed by atoms with Gasteiger partial charge in [-0.05, 0) is 73.1 Å². The molecule has 1 aliphatic rings. The number of aliphatic hydroxyl groups is 1. The summed E-state index contributed by atoms with van der Waals surface area (Å²) in [7, 11) is 0. The van der Waals surface area contributed by atoms with Gasteiger partial charge in [0.25, 0.3) is 0 Å². The highest BCUT2D eigenvalue weighted by molar-refractivity contribution is 5.33. The van der Waals surface area contributed by atoms with E-state index in [1.807, 2.05) is 0 Å². The SMILES string of the molecule is CCCCCCCCNc1ncnc(NC(CCC)C2CC(C)(C)N(OCC(C)(C)O)C(C)(C)C2)n1. The molecule has 1 aromatic rings. The van der Waals surface area contributed by atoms with E-state index in [1.165, 1.54) is 32.1 Å². The van der Waals surface area contributed by atoms with E-state index >= 15 is 0 Å². The monoisotopic (exact) mass is 506 g/mol. The Hall–Kier alpha value is -1.51. The van der Waals surface area contributed by atoms with Gasteiger partial charge in [-0.3, -0.25) is 4.84 Å². The normalized spacial score (nSPS) is 19.2. The van der Waals surface area contributed by atoms with Gasteiger partial charge in [-0.1, -0.05) is 52.4 Å². The Kier molecular flexibility index (Phi) is 11.8. The minimum Gasteiger partial charge on any atom is -0.388 e. The lowest BCUT2D eigenvalue weighted by Crippen LogP contribution is -2.62. The first-order valence-electron chi connectivity index (χ1n) is 14.2. The van der Waals surface area contributed by atoms with Crippen LogP contribution in [0.3, 0.4) is 0 Å². The highest BCUT2D eigenvalue weighted by Crippen LogP contribution is 2.44. The molecule has 1 fully saturated rings. The Balaban J connectivity index is 2.01. The summed E-state index contributed by atoms with van der Waals surface area (Å²) in [4.78, 5) is 19.6. The summed E-state index contributed by atoms with van der Waals surface area (Å²) in [6.45, 7) is 18.2. The van der Waals surface area contributed by atoms with Crippen LogP contribution in [-0.4, -0.2) is 61.0 Å². The van der Waals surface area contributed by atoms with Crippen LogP contribution < -0.4 is 10.6 Å². The van der Waals surface area contributed by atoms with Crippen LogP contribution in [0.25, 0.3) is 0 Å². The fraction of sp³-hybridized carbons (Fsp3) is 0.893. The van der Waals surface area contributed by atoms with Crippen LogP contribution >= 0.6 is 0 Å². The van der Waals surface area contributed by atoms with Crippen molar-refractivity contribution in [3.8, 4) is 0 Å². The third-order valence-corrected chi connectivity index (χ3v) is 7.04. The first kappa shape index (κ1) is 30.7. The van der Waals surface area contributed by atoms with Crippen molar-refractivity contribution in [2.75, 3.05) is 23.8 Å². The van der Waals surface area contributed by atoms with E-state index in [-0.39, 0.29) is 23.7 Å². The molecule has 0 aromatic carbocycles. The second-order valence-electron chi connectivity index (χ2n) is 12.5. The predicted octanol–water partition coefficient (Wildman–Crippen LogP) is 6.20. The van der Waals surface area contributed by atoms with Crippen LogP contribution in [0.1, 0.15) is 120 Å². The minimum absolute atomic E-state index is 0.172. The Bertz CT molecular complexity index is 747. The summed E-state index contributed by atoms with van der Waals surface area (Å²) in [5, 5.41) is 19.4. The molecule has 1 saturated heterocycles. The number of hydroxylamine groups is 2. The second-order valence-corrected chi connectivity index (χ2v) is 12.5. The number of anilines is 2. The standard InChI is InChI=1S/C28H54N6O2/c1-9-11-12-13-14-15-17-29-24-30-21-31-25(33-24)32-23(16-10-2)22-18-26(3,4)34(27(5,6)19-22)36-20-28(7,8)35/h21-23,35H,9-20H2,1-8H3,(H2,29,30,31,32,33). The van der Waals surface area contributed by atoms with Crippen molar-refractivity contribution in [1.29, 1.82) is 0 Å². The maximum Gasteiger partial charge on any atom is 0.227 e. The van der Waals surface area contributed by atoms with E-state index in [0.29, 0.717) is 17.8 Å². The van der Waals surface area contributed by atoms with Crippen molar-refractivity contribution >= 4 is 11.9 Å². The molecule has 1 unspecified atom stereocenters. The highest BCUT2D eigenvalue weighted by atomic mass is 16.7. The zero-order chi connectivity index (χ0) is 26.8. The summed E-state index contributed by atoms with van der Waals surface area (Å²) in [5.41, 5.74) is -1.21. The molecule has 1 aliphatic heterocycles. The lowest BCUT2D eigenvalue weighted by atomic mass is 9.71. The zero-order valence-electron chi connectivity index (χ0n) is 24.4. The molecule has 3 N–H and O–H groups in total. The summed E-state index contributed by atoms with van der Waals surface area (Å²) in [5.74, 6) is 1.73. The van der Waals surface area contributed by atoms with Crippen molar-refractivity contribution in [3.05, 3.63) is 6.33 Å². The molecule has 2 heterocycles. The maximum atomic E-state index is 10.2. The third kappa shape index (κ3) is 10.1. The van der Waals surface area contributed by atoms with E-state index in [9.17, 15) is 5.11 Å². The Morgan fingerprint density at radius 3 is 2.22 bits per heavy atom. The Morgan fingerprint density at radius 1 is 1.00 bits per heavy atom. The average molecular weight is 507 g/mol. The smallest absolute Gasteiger partial charge is 0.227 e. The number of rotatable bonds is 16. The lowest BCUT2D eigenvalue weighted by molar-refractivity contribution is -0.303. The quantitative estimate of drug-likeness (QED) is 0.228. The van der Waals surface area contributed by atoms with Crippen LogP contribution in [0, 0.1) is 5.92 Å². The van der Waals surface area contributed by atoms with Gasteiger partial charge < -0.3 is 15.7 Å². The number of aromatic nitrogens is 3. The maximum absolute atomic E-state index is 10.2. The zero-order valence-corrected chi connectivity index (χ0v) is 24.4. The summed E-state index contributed by atoms with van der Waals surface area (Å²) in [6.07, 6.45) is 13.3. The molecule has 8 heteroatoms. The fourth-order valence-electron chi connectivity index (χ4n) is 5.66. The molecule has 2 rings (SSSR count). The third-order valence-electron chi connectivity index (χ3n) is 7.04. The number of unbranched alkanes of at least 4 members (excludes halogenated alkanes) is 5. The predicted molar refractivity (Wildman–Crippen MR) is 149 cm³/mol. The molecular formula is C28H54N6O2. The first-order chi connectivity index (χ1) is 16.9. The molecule has 0 amide bonds. The Morgan fingerprint density at radius 2 is 1.61 bits per heavy atom. The van der Waals surface area contributed by atoms with Gasteiger partial charge in [0.15, 0.2) is 0 Å². The number of hydrogen-bond acceptors (Lipinski definition) is 8. The van der Waals surface area contributed by atoms with E-state index < -0.39 is 5.60 Å². The number of piperidine rings is 1. The second kappa shape index (κ2) is 13.9. The molecule has 208 valence electrons. The summed E-state index contributed by atoms with van der Waals surface area (Å²) < 4.78 is 0. The largest absolute Gasteiger partial charge is 0.388 e. The molecule has 1 atom stereocenters. The molecule has 0 bridgehead atoms. The molecule has 36 heavy (non-hydrogen) atoms. The van der Waals surface area contributed by atoms with E-state index in [4.69, 9.17) is 4.84 Å². The number of nitrogens with zero attached hydrogens (tertiary/aromatic N) is 4. The van der Waals surface area contributed by atoms with Gasteiger partial charge in [-0.2, -0.15) is 10.0 Å². The van der Waals surface area contributed by atoms with Crippen LogP contribution in [0.5, 0.6) is 0 Å². The van der Waals surface area contributed by atoms with Gasteiger partial charge in [0.1, 0.15) is 6.33 Å². The molecule has 0 aliphatic carbocycles. The summed E-state index contributed by atoms with van der Waals surface area (Å²) in [6, 6.07) is 0.263. The van der Waals surface area contributed by atoms with E-state index in [1.54, 1.807) is 20.2 Å². The molecule has 0 radical (unpaired) electrons. The van der Waals surface area contributed by atoms with Gasteiger partial charge in [-0.25, -0.2) is 9.97 Å². The van der Waals surface area contributed by atoms with Gasteiger partial charge >= 0.3 is 0 Å². The van der Waals surface area contributed by atoms with Crippen LogP contribution in [0.2, 0.25) is 0 Å². The topological polar surface area (TPSA) is 95.4 Å². The van der Waals surface area contributed by atoms with E-state index in [0.717, 1.165) is 38.6 Å². The lowest BCUT2D eigenvalue weighted by Gasteiger charge is -2.55. The average Bonchev–Trinajstić information content (AvgIpc) is 2.76. The summed E-state index contributed by atoms with van der Waals surface area (Å²) >= 11 is 0. The first-order valence-corrected chi connectivity index (χ1v) is 14.2. The number of nitrogens with one attached hydrogen (secondary N) is 2. The van der Waals surface area contributed by atoms with Crippen molar-refractivity contribution < 1.29 is 9.94 Å². The molecule has 0 saturated carbocycles. The molecule has 8 nitrogen and oxygen atoms in total. The van der Waals surface area contributed by atoms with Crippen molar-refractivity contribution in [2.24, 2.45) is 5.92 Å². The van der Waals surface area contributed by atoms with Gasteiger partial charge in [0.05, 0.1) is 12.2 Å². The Labute approximate surface area is 220 Å². The van der Waals surface area contributed by atoms with E-state index in [2.05, 4.69) is 72.2 Å². The van der Waals surface area contributed by atoms with Crippen molar-refractivity contribution in [2.45, 2.75) is 142 Å². The van der Waals surface area contributed by atoms with Crippen LogP contribution in [0.15, 0.2) is 6.33 Å². The van der Waals surface area contributed by atoms with Crippen molar-refractivity contribution in [1.82, 2.24) is 20.0 Å². The molecule has 1 aromatic heterocycles. The van der Waals surface area contributed by atoms with Crippen LogP contribution in [0.4, 0.5) is 11.9 Å². The fourth-order valence-corrected chi connectivity index (χ4v) is 5.66. The molecule has 0 spiro atoms. The van der Waals surface area contributed by atoms with Crippen LogP contribution in [-0.2, 0) is 4.84 Å².